The van der Waals surface area contributed by atoms with Crippen molar-refractivity contribution >= 4 is 21.7 Å². The first-order valence-electron chi connectivity index (χ1n) is 6.53. The Morgan fingerprint density at radius 1 is 1.33 bits per heavy atom. The predicted octanol–water partition coefficient (Wildman–Crippen LogP) is 4.53. The molecule has 1 aliphatic rings. The van der Waals surface area contributed by atoms with Crippen LogP contribution >= 0.6 is 15.9 Å². The van der Waals surface area contributed by atoms with Gasteiger partial charge in [-0.3, -0.25) is 4.79 Å². The van der Waals surface area contributed by atoms with E-state index in [-0.39, 0.29) is 23.9 Å². The third-order valence-electron chi connectivity index (χ3n) is 3.84. The summed E-state index contributed by atoms with van der Waals surface area (Å²) in [4.78, 5) is 12.2. The minimum Gasteiger partial charge on any atom is -0.299 e. The molecule has 0 aromatic heterocycles. The lowest BCUT2D eigenvalue weighted by molar-refractivity contribution is -0.123. The molecule has 1 nitrogen and oxygen atoms in total. The maximum absolute atomic E-state index is 13.6. The summed E-state index contributed by atoms with van der Waals surface area (Å²) in [5.74, 6) is 0.783. The molecule has 0 unspecified atom stereocenters. The van der Waals surface area contributed by atoms with Crippen LogP contribution in [-0.2, 0) is 11.2 Å². The van der Waals surface area contributed by atoms with Gasteiger partial charge in [0.15, 0.2) is 0 Å². The van der Waals surface area contributed by atoms with Gasteiger partial charge >= 0.3 is 0 Å². The van der Waals surface area contributed by atoms with Crippen LogP contribution in [0.4, 0.5) is 4.39 Å². The average Bonchev–Trinajstić information content (AvgIpc) is 2.34. The molecule has 0 spiro atoms. The van der Waals surface area contributed by atoms with Gasteiger partial charge in [0.1, 0.15) is 11.6 Å². The van der Waals surface area contributed by atoms with Crippen LogP contribution in [0.2, 0.25) is 0 Å². The summed E-state index contributed by atoms with van der Waals surface area (Å²) in [5.41, 5.74) is 0.507. The molecular weight excluding hydrogens is 295 g/mol. The molecule has 1 aromatic rings. The van der Waals surface area contributed by atoms with E-state index in [2.05, 4.69) is 22.9 Å². The van der Waals surface area contributed by atoms with Crippen molar-refractivity contribution in [3.05, 3.63) is 34.1 Å². The molecule has 98 valence electrons. The molecule has 0 N–H and O–H groups in total. The summed E-state index contributed by atoms with van der Waals surface area (Å²) in [6, 6.07) is 4.78. The molecule has 0 amide bonds. The molecule has 1 aromatic carbocycles. The van der Waals surface area contributed by atoms with Gasteiger partial charge in [0, 0.05) is 16.8 Å². The Morgan fingerprint density at radius 2 is 2.00 bits per heavy atom. The van der Waals surface area contributed by atoms with E-state index in [4.69, 9.17) is 0 Å². The molecule has 1 aliphatic carbocycles. The highest BCUT2D eigenvalue weighted by Gasteiger charge is 2.24. The summed E-state index contributed by atoms with van der Waals surface area (Å²) < 4.78 is 14.4. The lowest BCUT2D eigenvalue weighted by atomic mass is 9.79. The maximum Gasteiger partial charge on any atom is 0.140 e. The van der Waals surface area contributed by atoms with Crippen molar-refractivity contribution in [1.29, 1.82) is 0 Å². The number of Topliss-reactive ketones (excluding diaryl/α,β-unsaturated/α-hetero) is 1. The van der Waals surface area contributed by atoms with Crippen LogP contribution in [-0.4, -0.2) is 5.78 Å². The minimum atomic E-state index is -0.282. The first-order valence-corrected chi connectivity index (χ1v) is 7.32. The topological polar surface area (TPSA) is 17.1 Å². The molecule has 1 saturated carbocycles. The quantitative estimate of drug-likeness (QED) is 0.801. The summed E-state index contributed by atoms with van der Waals surface area (Å²) in [7, 11) is 0. The fraction of sp³-hybridized carbons (Fsp3) is 0.533. The van der Waals surface area contributed by atoms with Gasteiger partial charge in [0.2, 0.25) is 0 Å². The molecule has 0 radical (unpaired) electrons. The van der Waals surface area contributed by atoms with Crippen molar-refractivity contribution < 1.29 is 9.18 Å². The Hall–Kier alpha value is -0.700. The van der Waals surface area contributed by atoms with Gasteiger partial charge in [0.25, 0.3) is 0 Å². The second-order valence-corrected chi connectivity index (χ2v) is 6.25. The van der Waals surface area contributed by atoms with Crippen molar-refractivity contribution in [3.63, 3.8) is 0 Å². The van der Waals surface area contributed by atoms with E-state index in [1.54, 1.807) is 12.1 Å². The van der Waals surface area contributed by atoms with Gasteiger partial charge < -0.3 is 0 Å². The molecule has 0 atom stereocenters. The Balaban J connectivity index is 2.00. The summed E-state index contributed by atoms with van der Waals surface area (Å²) >= 11 is 3.31. The second kappa shape index (κ2) is 5.96. The first-order chi connectivity index (χ1) is 8.56. The maximum atomic E-state index is 13.6. The Morgan fingerprint density at radius 3 is 2.67 bits per heavy atom. The van der Waals surface area contributed by atoms with Crippen LogP contribution in [0.1, 0.15) is 38.2 Å². The predicted molar refractivity (Wildman–Crippen MR) is 73.9 cm³/mol. The van der Waals surface area contributed by atoms with Crippen molar-refractivity contribution in [2.75, 3.05) is 0 Å². The normalized spacial score (nSPS) is 23.9. The van der Waals surface area contributed by atoms with Crippen LogP contribution in [0.25, 0.3) is 0 Å². The van der Waals surface area contributed by atoms with E-state index in [1.807, 2.05) is 0 Å². The van der Waals surface area contributed by atoms with Gasteiger partial charge in [-0.1, -0.05) is 35.7 Å². The number of carbonyl (C=O) groups excluding carboxylic acids is 1. The second-order valence-electron chi connectivity index (χ2n) is 5.34. The SMILES string of the molecule is CC1CCC(C(=O)Cc2cc(Br)ccc2F)CC1. The van der Waals surface area contributed by atoms with Crippen molar-refractivity contribution in [2.24, 2.45) is 11.8 Å². The molecule has 2 rings (SSSR count). The smallest absolute Gasteiger partial charge is 0.140 e. The van der Waals surface area contributed by atoms with Crippen LogP contribution in [0.5, 0.6) is 0 Å². The molecule has 3 heteroatoms. The van der Waals surface area contributed by atoms with Crippen molar-refractivity contribution in [2.45, 2.75) is 39.0 Å². The van der Waals surface area contributed by atoms with Gasteiger partial charge in [-0.05, 0) is 42.5 Å². The highest BCUT2D eigenvalue weighted by molar-refractivity contribution is 9.10. The third kappa shape index (κ3) is 3.41. The fourth-order valence-electron chi connectivity index (χ4n) is 2.59. The van der Waals surface area contributed by atoms with Gasteiger partial charge in [-0.15, -0.1) is 0 Å². The molecule has 0 bridgehead atoms. The third-order valence-corrected chi connectivity index (χ3v) is 4.34. The number of hydrogen-bond donors (Lipinski definition) is 0. The van der Waals surface area contributed by atoms with Gasteiger partial charge in [-0.2, -0.15) is 0 Å². The standard InChI is InChI=1S/C15H18BrFO/c1-10-2-4-11(5-3-10)15(18)9-12-8-13(16)6-7-14(12)17/h6-8,10-11H,2-5,9H2,1H3. The molecule has 18 heavy (non-hydrogen) atoms. The number of ketones is 1. The minimum absolute atomic E-state index is 0.139. The zero-order valence-corrected chi connectivity index (χ0v) is 12.2. The number of carbonyl (C=O) groups is 1. The lowest BCUT2D eigenvalue weighted by Crippen LogP contribution is -2.22. The van der Waals surface area contributed by atoms with Crippen molar-refractivity contribution in [1.82, 2.24) is 0 Å². The molecule has 0 aliphatic heterocycles. The number of rotatable bonds is 3. The van der Waals surface area contributed by atoms with E-state index < -0.39 is 0 Å². The van der Waals surface area contributed by atoms with Crippen LogP contribution in [0.15, 0.2) is 22.7 Å². The number of halogens is 2. The Bertz CT molecular complexity index is 436. The molecule has 1 fully saturated rings. The summed E-state index contributed by atoms with van der Waals surface area (Å²) in [6.45, 7) is 2.23. The molecule has 0 saturated heterocycles. The molecular formula is C15H18BrFO. The highest BCUT2D eigenvalue weighted by atomic mass is 79.9. The monoisotopic (exact) mass is 312 g/mol. The van der Waals surface area contributed by atoms with Crippen LogP contribution < -0.4 is 0 Å². The lowest BCUT2D eigenvalue weighted by Gasteiger charge is -2.25. The Kier molecular flexibility index (Phi) is 4.55. The summed E-state index contributed by atoms with van der Waals surface area (Å²) in [5, 5.41) is 0. The average molecular weight is 313 g/mol. The van der Waals surface area contributed by atoms with E-state index in [1.165, 1.54) is 6.07 Å². The highest BCUT2D eigenvalue weighted by Crippen LogP contribution is 2.30. The van der Waals surface area contributed by atoms with Crippen LogP contribution in [0, 0.1) is 17.7 Å². The van der Waals surface area contributed by atoms with E-state index in [0.717, 1.165) is 36.1 Å². The number of benzene rings is 1. The van der Waals surface area contributed by atoms with E-state index >= 15 is 0 Å². The van der Waals surface area contributed by atoms with E-state index in [0.29, 0.717) is 5.56 Å². The summed E-state index contributed by atoms with van der Waals surface area (Å²) in [6.07, 6.45) is 4.41. The molecule has 0 heterocycles. The number of hydrogen-bond acceptors (Lipinski definition) is 1. The first kappa shape index (κ1) is 13.7. The van der Waals surface area contributed by atoms with Crippen LogP contribution in [0.3, 0.4) is 0 Å². The zero-order chi connectivity index (χ0) is 13.1. The van der Waals surface area contributed by atoms with Gasteiger partial charge in [-0.25, -0.2) is 4.39 Å². The van der Waals surface area contributed by atoms with Gasteiger partial charge in [0.05, 0.1) is 0 Å². The Labute approximate surface area is 116 Å². The zero-order valence-electron chi connectivity index (χ0n) is 10.6. The fourth-order valence-corrected chi connectivity index (χ4v) is 3.00. The largest absolute Gasteiger partial charge is 0.299 e. The van der Waals surface area contributed by atoms with E-state index in [9.17, 15) is 9.18 Å². The van der Waals surface area contributed by atoms with Crippen molar-refractivity contribution in [3.8, 4) is 0 Å².